The summed E-state index contributed by atoms with van der Waals surface area (Å²) in [7, 11) is 0. The Kier molecular flexibility index (Phi) is 9.17. The summed E-state index contributed by atoms with van der Waals surface area (Å²) in [6.45, 7) is 4.36. The van der Waals surface area contributed by atoms with Gasteiger partial charge in [-0.15, -0.1) is 36.2 Å². The summed E-state index contributed by atoms with van der Waals surface area (Å²) in [6.07, 6.45) is 3.69. The van der Waals surface area contributed by atoms with Gasteiger partial charge < -0.3 is 10.2 Å². The molecule has 1 aliphatic rings. The van der Waals surface area contributed by atoms with E-state index in [4.69, 9.17) is 11.6 Å². The maximum Gasteiger partial charge on any atom is 0.266 e. The molecule has 25 heavy (non-hydrogen) atoms. The Morgan fingerprint density at radius 1 is 1.44 bits per heavy atom. The highest BCUT2D eigenvalue weighted by atomic mass is 35.5. The van der Waals surface area contributed by atoms with Crippen LogP contribution in [-0.2, 0) is 6.42 Å². The molecule has 1 atom stereocenters. The van der Waals surface area contributed by atoms with Gasteiger partial charge in [0.15, 0.2) is 0 Å². The molecule has 0 saturated carbocycles. The van der Waals surface area contributed by atoms with Crippen LogP contribution in [-0.4, -0.2) is 35.4 Å². The highest BCUT2D eigenvalue weighted by molar-refractivity contribution is 7.13. The Labute approximate surface area is 169 Å². The van der Waals surface area contributed by atoms with Gasteiger partial charge in [0.05, 0.1) is 17.2 Å². The van der Waals surface area contributed by atoms with Crippen molar-refractivity contribution in [3.8, 4) is 0 Å². The van der Waals surface area contributed by atoms with Crippen LogP contribution in [0.5, 0.6) is 0 Å². The quantitative estimate of drug-likeness (QED) is 0.795. The first-order valence-electron chi connectivity index (χ1n) is 7.91. The van der Waals surface area contributed by atoms with E-state index >= 15 is 0 Å². The van der Waals surface area contributed by atoms with Gasteiger partial charge in [0.25, 0.3) is 5.91 Å². The van der Waals surface area contributed by atoms with Crippen LogP contribution in [0.4, 0.5) is 0 Å². The third-order valence-corrected chi connectivity index (χ3v) is 5.25. The number of thiazole rings is 1. The Bertz CT molecular complexity index is 695. The van der Waals surface area contributed by atoms with Crippen molar-refractivity contribution in [2.75, 3.05) is 19.6 Å². The molecule has 2 heterocycles. The van der Waals surface area contributed by atoms with Gasteiger partial charge in [0.2, 0.25) is 0 Å². The Morgan fingerprint density at radius 3 is 2.96 bits per heavy atom. The van der Waals surface area contributed by atoms with Gasteiger partial charge in [-0.25, -0.2) is 4.98 Å². The summed E-state index contributed by atoms with van der Waals surface area (Å²) >= 11 is 7.63. The summed E-state index contributed by atoms with van der Waals surface area (Å²) in [4.78, 5) is 19.9. The van der Waals surface area contributed by atoms with Crippen molar-refractivity contribution in [2.24, 2.45) is 0 Å². The maximum atomic E-state index is 12.9. The van der Waals surface area contributed by atoms with Gasteiger partial charge in [-0.05, 0) is 30.5 Å². The summed E-state index contributed by atoms with van der Waals surface area (Å²) in [5, 5.41) is 5.10. The van der Waals surface area contributed by atoms with Gasteiger partial charge in [-0.1, -0.05) is 30.7 Å². The van der Waals surface area contributed by atoms with Crippen LogP contribution in [0.15, 0.2) is 30.5 Å². The number of carbonyl (C=O) groups is 1. The minimum absolute atomic E-state index is 0. The highest BCUT2D eigenvalue weighted by Gasteiger charge is 2.29. The minimum Gasteiger partial charge on any atom is -0.328 e. The monoisotopic (exact) mass is 421 g/mol. The molecule has 1 saturated heterocycles. The number of benzene rings is 1. The summed E-state index contributed by atoms with van der Waals surface area (Å²) in [5.74, 6) is 0.0660. The molecule has 138 valence electrons. The zero-order valence-electron chi connectivity index (χ0n) is 13.9. The van der Waals surface area contributed by atoms with Crippen molar-refractivity contribution < 1.29 is 4.79 Å². The van der Waals surface area contributed by atoms with Crippen molar-refractivity contribution in [1.82, 2.24) is 15.2 Å². The average molecular weight is 423 g/mol. The normalized spacial score (nSPS) is 16.7. The topological polar surface area (TPSA) is 45.2 Å². The van der Waals surface area contributed by atoms with Crippen LogP contribution in [0, 0.1) is 0 Å². The fourth-order valence-corrected chi connectivity index (χ4v) is 4.01. The van der Waals surface area contributed by atoms with Crippen molar-refractivity contribution in [3.05, 3.63) is 50.9 Å². The number of nitrogens with one attached hydrogen (secondary N) is 1. The van der Waals surface area contributed by atoms with E-state index < -0.39 is 0 Å². The number of carbonyl (C=O) groups excluding carboxylic acids is 1. The van der Waals surface area contributed by atoms with Crippen LogP contribution in [0.2, 0.25) is 5.02 Å². The standard InChI is InChI=1S/C17H20ClN3OS.2ClH/c1-2-4-16-20-11-15(23-16)17(22)21-8-7-19-10-14(21)12-5-3-6-13(18)9-12;;/h3,5-6,9,11,14,19H,2,4,7-8,10H2,1H3;2*1H. The lowest BCUT2D eigenvalue weighted by Gasteiger charge is -2.36. The predicted octanol–water partition coefficient (Wildman–Crippen LogP) is 4.38. The van der Waals surface area contributed by atoms with Crippen LogP contribution in [0.3, 0.4) is 0 Å². The zero-order chi connectivity index (χ0) is 16.2. The molecule has 1 aromatic heterocycles. The molecule has 1 aliphatic heterocycles. The number of hydrogen-bond acceptors (Lipinski definition) is 4. The number of amides is 1. The molecule has 0 aliphatic carbocycles. The van der Waals surface area contributed by atoms with Gasteiger partial charge in [-0.3, -0.25) is 4.79 Å². The maximum absolute atomic E-state index is 12.9. The largest absolute Gasteiger partial charge is 0.328 e. The number of nitrogens with zero attached hydrogens (tertiary/aromatic N) is 2. The molecule has 8 heteroatoms. The lowest BCUT2D eigenvalue weighted by atomic mass is 10.0. The smallest absolute Gasteiger partial charge is 0.266 e. The Balaban J connectivity index is 0.00000156. The van der Waals surface area contributed by atoms with Crippen molar-refractivity contribution in [3.63, 3.8) is 0 Å². The predicted molar refractivity (Wildman–Crippen MR) is 109 cm³/mol. The van der Waals surface area contributed by atoms with Crippen LogP contribution in [0.1, 0.15) is 39.6 Å². The summed E-state index contributed by atoms with van der Waals surface area (Å²) in [5.41, 5.74) is 1.07. The van der Waals surface area contributed by atoms with Gasteiger partial charge in [0.1, 0.15) is 4.88 Å². The second-order valence-corrected chi connectivity index (χ2v) is 7.19. The van der Waals surface area contributed by atoms with Crippen molar-refractivity contribution >= 4 is 53.7 Å². The van der Waals surface area contributed by atoms with Crippen LogP contribution in [0.25, 0.3) is 0 Å². The molecule has 1 fully saturated rings. The number of halogens is 3. The second kappa shape index (κ2) is 10.3. The van der Waals surface area contributed by atoms with E-state index in [1.54, 1.807) is 6.20 Å². The summed E-state index contributed by atoms with van der Waals surface area (Å²) < 4.78 is 0. The minimum atomic E-state index is 0. The molecule has 1 unspecified atom stereocenters. The molecule has 1 aromatic carbocycles. The molecular formula is C17H22Cl3N3OS. The molecule has 0 radical (unpaired) electrons. The van der Waals surface area contributed by atoms with Crippen LogP contribution >= 0.6 is 47.8 Å². The van der Waals surface area contributed by atoms with Gasteiger partial charge >= 0.3 is 0 Å². The molecule has 0 spiro atoms. The molecular weight excluding hydrogens is 401 g/mol. The van der Waals surface area contributed by atoms with Crippen molar-refractivity contribution in [1.29, 1.82) is 0 Å². The van der Waals surface area contributed by atoms with E-state index in [9.17, 15) is 4.79 Å². The SMILES string of the molecule is CCCc1ncc(C(=O)N2CCNCC2c2cccc(Cl)c2)s1.Cl.Cl. The number of aromatic nitrogens is 1. The van der Waals surface area contributed by atoms with E-state index in [2.05, 4.69) is 17.2 Å². The molecule has 0 bridgehead atoms. The first kappa shape index (κ1) is 22.2. The fourth-order valence-electron chi connectivity index (χ4n) is 2.84. The third-order valence-electron chi connectivity index (χ3n) is 3.97. The molecule has 4 nitrogen and oxygen atoms in total. The van der Waals surface area contributed by atoms with Crippen molar-refractivity contribution in [2.45, 2.75) is 25.8 Å². The van der Waals surface area contributed by atoms with E-state index in [1.165, 1.54) is 11.3 Å². The van der Waals surface area contributed by atoms with E-state index in [0.717, 1.165) is 41.4 Å². The number of aryl methyl sites for hydroxylation is 1. The lowest BCUT2D eigenvalue weighted by Crippen LogP contribution is -2.48. The second-order valence-electron chi connectivity index (χ2n) is 5.64. The number of rotatable bonds is 4. The molecule has 1 N–H and O–H groups in total. The average Bonchev–Trinajstić information content (AvgIpc) is 3.03. The fraction of sp³-hybridized carbons (Fsp3) is 0.412. The third kappa shape index (κ3) is 5.31. The Hall–Kier alpha value is -0.850. The molecule has 2 aromatic rings. The first-order chi connectivity index (χ1) is 11.2. The van der Waals surface area contributed by atoms with E-state index in [-0.39, 0.29) is 36.8 Å². The highest BCUT2D eigenvalue weighted by Crippen LogP contribution is 2.27. The van der Waals surface area contributed by atoms with E-state index in [0.29, 0.717) is 11.6 Å². The number of hydrogen-bond donors (Lipinski definition) is 1. The van der Waals surface area contributed by atoms with E-state index in [1.807, 2.05) is 29.2 Å². The summed E-state index contributed by atoms with van der Waals surface area (Å²) in [6, 6.07) is 7.76. The molecule has 3 rings (SSSR count). The molecule has 1 amide bonds. The van der Waals surface area contributed by atoms with Gasteiger partial charge in [0, 0.05) is 24.7 Å². The first-order valence-corrected chi connectivity index (χ1v) is 9.10. The zero-order valence-corrected chi connectivity index (χ0v) is 17.1. The number of piperazine rings is 1. The van der Waals surface area contributed by atoms with Crippen LogP contribution < -0.4 is 5.32 Å². The lowest BCUT2D eigenvalue weighted by molar-refractivity contribution is 0.0639. The van der Waals surface area contributed by atoms with Gasteiger partial charge in [-0.2, -0.15) is 0 Å². The Morgan fingerprint density at radius 2 is 2.24 bits per heavy atom.